The predicted octanol–water partition coefficient (Wildman–Crippen LogP) is 3.01. The van der Waals surface area contributed by atoms with Crippen molar-refractivity contribution in [2.45, 2.75) is 42.8 Å². The van der Waals surface area contributed by atoms with Crippen LogP contribution in [0.4, 0.5) is 0 Å². The maximum Gasteiger partial charge on any atom is 0.150 e. The smallest absolute Gasteiger partial charge is 0.150 e. The van der Waals surface area contributed by atoms with E-state index in [1.807, 2.05) is 23.3 Å². The molecule has 0 amide bonds. The van der Waals surface area contributed by atoms with Gasteiger partial charge in [-0.25, -0.2) is 4.98 Å². The summed E-state index contributed by atoms with van der Waals surface area (Å²) in [6.45, 7) is 7.69. The van der Waals surface area contributed by atoms with Gasteiger partial charge in [0.25, 0.3) is 0 Å². The van der Waals surface area contributed by atoms with Gasteiger partial charge in [-0.1, -0.05) is 32.5 Å². The quantitative estimate of drug-likeness (QED) is 0.760. The van der Waals surface area contributed by atoms with Crippen LogP contribution in [0.5, 0.6) is 0 Å². The summed E-state index contributed by atoms with van der Waals surface area (Å²) >= 11 is 3.59. The molecule has 1 heterocycles. The van der Waals surface area contributed by atoms with Crippen LogP contribution < -0.4 is 5.32 Å². The molecule has 0 spiro atoms. The zero-order valence-electron chi connectivity index (χ0n) is 8.99. The van der Waals surface area contributed by atoms with E-state index in [1.54, 1.807) is 11.3 Å². The molecule has 0 bridgehead atoms. The fourth-order valence-corrected chi connectivity index (χ4v) is 3.51. The fourth-order valence-electron chi connectivity index (χ4n) is 1.41. The molecular weight excluding hydrogens is 212 g/mol. The average Bonchev–Trinajstić information content (AvgIpc) is 2.66. The van der Waals surface area contributed by atoms with Crippen LogP contribution in [0.2, 0.25) is 0 Å². The second-order valence-corrected chi connectivity index (χ2v) is 5.71. The zero-order valence-corrected chi connectivity index (χ0v) is 10.6. The van der Waals surface area contributed by atoms with Crippen LogP contribution >= 0.6 is 23.1 Å². The lowest BCUT2D eigenvalue weighted by molar-refractivity contribution is 0.509. The highest BCUT2D eigenvalue weighted by molar-refractivity contribution is 8.01. The van der Waals surface area contributed by atoms with Crippen LogP contribution in [0.3, 0.4) is 0 Å². The van der Waals surface area contributed by atoms with Gasteiger partial charge in [0.1, 0.15) is 4.34 Å². The molecule has 0 aliphatic heterocycles. The molecule has 1 aromatic heterocycles. The first-order chi connectivity index (χ1) is 6.77. The second kappa shape index (κ2) is 6.43. The summed E-state index contributed by atoms with van der Waals surface area (Å²) < 4.78 is 1.17. The fraction of sp³-hybridized carbons (Fsp3) is 0.700. The van der Waals surface area contributed by atoms with Crippen molar-refractivity contribution in [3.8, 4) is 0 Å². The van der Waals surface area contributed by atoms with Gasteiger partial charge in [0.05, 0.1) is 0 Å². The van der Waals surface area contributed by atoms with E-state index in [9.17, 15) is 0 Å². The van der Waals surface area contributed by atoms with Gasteiger partial charge in [0.15, 0.2) is 0 Å². The third-order valence-electron chi connectivity index (χ3n) is 2.17. The third-order valence-corrected chi connectivity index (χ3v) is 4.32. The summed E-state index contributed by atoms with van der Waals surface area (Å²) in [4.78, 5) is 4.29. The standard InChI is InChI=1S/C10H18N2S2/c1-4-9(11-5-2)8(3)14-10-12-6-7-13-10/h6-9,11H,4-5H2,1-3H3. The van der Waals surface area contributed by atoms with Gasteiger partial charge in [-0.05, 0) is 13.0 Å². The van der Waals surface area contributed by atoms with E-state index in [4.69, 9.17) is 0 Å². The van der Waals surface area contributed by atoms with Crippen LogP contribution in [-0.4, -0.2) is 22.8 Å². The summed E-state index contributed by atoms with van der Waals surface area (Å²) in [7, 11) is 0. The van der Waals surface area contributed by atoms with Crippen molar-refractivity contribution in [3.05, 3.63) is 11.6 Å². The van der Waals surface area contributed by atoms with Crippen molar-refractivity contribution >= 4 is 23.1 Å². The minimum atomic E-state index is 0.589. The SMILES string of the molecule is CCNC(CC)C(C)Sc1nccs1. The number of hydrogen-bond acceptors (Lipinski definition) is 4. The average molecular weight is 230 g/mol. The molecule has 2 atom stereocenters. The molecular formula is C10H18N2S2. The predicted molar refractivity (Wildman–Crippen MR) is 65.2 cm³/mol. The zero-order chi connectivity index (χ0) is 10.4. The highest BCUT2D eigenvalue weighted by Crippen LogP contribution is 2.27. The van der Waals surface area contributed by atoms with Crippen LogP contribution in [0.25, 0.3) is 0 Å². The van der Waals surface area contributed by atoms with Gasteiger partial charge in [-0.15, -0.1) is 11.3 Å². The molecule has 2 unspecified atom stereocenters. The molecule has 0 saturated heterocycles. The van der Waals surface area contributed by atoms with Crippen molar-refractivity contribution < 1.29 is 0 Å². The molecule has 14 heavy (non-hydrogen) atoms. The van der Waals surface area contributed by atoms with Crippen molar-refractivity contribution in [2.75, 3.05) is 6.54 Å². The maximum atomic E-state index is 4.29. The van der Waals surface area contributed by atoms with E-state index in [2.05, 4.69) is 31.1 Å². The Labute approximate surface area is 94.5 Å². The van der Waals surface area contributed by atoms with E-state index < -0.39 is 0 Å². The number of thiazole rings is 1. The Morgan fingerprint density at radius 2 is 2.36 bits per heavy atom. The van der Waals surface area contributed by atoms with Crippen molar-refractivity contribution in [1.29, 1.82) is 0 Å². The summed E-state index contributed by atoms with van der Waals surface area (Å²) in [5, 5.41) is 6.12. The second-order valence-electron chi connectivity index (χ2n) is 3.19. The number of hydrogen-bond donors (Lipinski definition) is 1. The van der Waals surface area contributed by atoms with Crippen LogP contribution in [0.15, 0.2) is 15.9 Å². The number of nitrogens with zero attached hydrogens (tertiary/aromatic N) is 1. The highest BCUT2D eigenvalue weighted by atomic mass is 32.2. The first kappa shape index (κ1) is 12.0. The topological polar surface area (TPSA) is 24.9 Å². The van der Waals surface area contributed by atoms with Gasteiger partial charge < -0.3 is 5.32 Å². The molecule has 0 saturated carbocycles. The lowest BCUT2D eigenvalue weighted by Crippen LogP contribution is -2.35. The van der Waals surface area contributed by atoms with E-state index in [-0.39, 0.29) is 0 Å². The summed E-state index contributed by atoms with van der Waals surface area (Å²) in [6.07, 6.45) is 3.04. The van der Waals surface area contributed by atoms with Crippen molar-refractivity contribution in [3.63, 3.8) is 0 Å². The summed E-state index contributed by atoms with van der Waals surface area (Å²) in [5.74, 6) is 0. The number of rotatable bonds is 6. The normalized spacial score (nSPS) is 15.4. The van der Waals surface area contributed by atoms with E-state index in [1.165, 1.54) is 10.8 Å². The number of thioether (sulfide) groups is 1. The molecule has 80 valence electrons. The van der Waals surface area contributed by atoms with Crippen molar-refractivity contribution in [2.24, 2.45) is 0 Å². The first-order valence-corrected chi connectivity index (χ1v) is 6.83. The maximum absolute atomic E-state index is 4.29. The Kier molecular flexibility index (Phi) is 5.52. The molecule has 2 nitrogen and oxygen atoms in total. The van der Waals surface area contributed by atoms with E-state index in [0.717, 1.165) is 6.54 Å². The lowest BCUT2D eigenvalue weighted by Gasteiger charge is -2.21. The Hall–Kier alpha value is -0.0600. The largest absolute Gasteiger partial charge is 0.313 e. The Morgan fingerprint density at radius 1 is 1.57 bits per heavy atom. The van der Waals surface area contributed by atoms with E-state index in [0.29, 0.717) is 11.3 Å². The Morgan fingerprint density at radius 3 is 2.86 bits per heavy atom. The number of nitrogens with one attached hydrogen (secondary N) is 1. The van der Waals surface area contributed by atoms with Gasteiger partial charge in [-0.3, -0.25) is 0 Å². The minimum absolute atomic E-state index is 0.589. The van der Waals surface area contributed by atoms with Crippen LogP contribution in [0.1, 0.15) is 27.2 Å². The Balaban J connectivity index is 2.43. The molecule has 1 rings (SSSR count). The molecule has 1 N–H and O–H groups in total. The molecule has 0 fully saturated rings. The van der Waals surface area contributed by atoms with E-state index >= 15 is 0 Å². The first-order valence-electron chi connectivity index (χ1n) is 5.07. The molecule has 4 heteroatoms. The molecule has 0 radical (unpaired) electrons. The summed E-state index contributed by atoms with van der Waals surface area (Å²) in [5.41, 5.74) is 0. The molecule has 0 aliphatic carbocycles. The molecule has 0 aliphatic rings. The monoisotopic (exact) mass is 230 g/mol. The third kappa shape index (κ3) is 3.59. The van der Waals surface area contributed by atoms with Crippen LogP contribution in [-0.2, 0) is 0 Å². The van der Waals surface area contributed by atoms with Gasteiger partial charge in [-0.2, -0.15) is 0 Å². The summed E-state index contributed by atoms with van der Waals surface area (Å²) in [6, 6.07) is 0.592. The molecule has 1 aromatic rings. The van der Waals surface area contributed by atoms with Crippen LogP contribution in [0, 0.1) is 0 Å². The van der Waals surface area contributed by atoms with Gasteiger partial charge in [0.2, 0.25) is 0 Å². The Bertz CT molecular complexity index is 236. The van der Waals surface area contributed by atoms with Gasteiger partial charge in [0, 0.05) is 22.9 Å². The number of aromatic nitrogens is 1. The lowest BCUT2D eigenvalue weighted by atomic mass is 10.2. The molecule has 0 aromatic carbocycles. The van der Waals surface area contributed by atoms with Gasteiger partial charge >= 0.3 is 0 Å². The minimum Gasteiger partial charge on any atom is -0.313 e. The van der Waals surface area contributed by atoms with Crippen molar-refractivity contribution in [1.82, 2.24) is 10.3 Å². The highest BCUT2D eigenvalue weighted by Gasteiger charge is 2.16.